The quantitative estimate of drug-likeness (QED) is 0.0691. The van der Waals surface area contributed by atoms with Crippen LogP contribution in [0.15, 0.2) is 24.3 Å². The average Bonchev–Trinajstić information content (AvgIpc) is 3.50. The van der Waals surface area contributed by atoms with Gasteiger partial charge in [0, 0.05) is 25.3 Å². The third-order valence-electron chi connectivity index (χ3n) is 7.47. The van der Waals surface area contributed by atoms with E-state index in [0.717, 1.165) is 0 Å². The third kappa shape index (κ3) is 10.8. The van der Waals surface area contributed by atoms with Gasteiger partial charge in [0.05, 0.1) is 25.7 Å². The summed E-state index contributed by atoms with van der Waals surface area (Å²) in [4.78, 5) is 88.3. The molecule has 16 nitrogen and oxygen atoms in total. The fourth-order valence-electron chi connectivity index (χ4n) is 4.83. The molecular weight excluding hydrogens is 614 g/mol. The van der Waals surface area contributed by atoms with Crippen molar-refractivity contribution in [2.45, 2.75) is 55.5 Å². The topological polar surface area (TPSA) is 281 Å². The van der Waals surface area contributed by atoms with E-state index in [0.29, 0.717) is 12.0 Å². The molecule has 1 saturated heterocycles. The zero-order chi connectivity index (χ0) is 33.8. The molecule has 2 rings (SSSR count). The molecule has 0 saturated carbocycles. The van der Waals surface area contributed by atoms with Crippen molar-refractivity contribution < 1.29 is 59.7 Å². The number of Topliss-reactive ketones (excluding diaryl/α,β-unsaturated/α-hetero) is 2. The number of carbonyl (C=O) groups excluding carboxylic acids is 6. The first kappa shape index (κ1) is 37.1. The van der Waals surface area contributed by atoms with E-state index >= 15 is 0 Å². The van der Waals surface area contributed by atoms with Crippen LogP contribution in [0.5, 0.6) is 5.75 Å². The number of hydrogen-bond acceptors (Lipinski definition) is 11. The summed E-state index contributed by atoms with van der Waals surface area (Å²) in [5.41, 5.74) is 9.26. The first-order valence-electron chi connectivity index (χ1n) is 14.2. The number of nitrogens with zero attached hydrogens (tertiary/aromatic N) is 1. The molecule has 1 aromatic carbocycles. The van der Waals surface area contributed by atoms with Gasteiger partial charge < -0.3 is 47.4 Å². The van der Waals surface area contributed by atoms with Crippen molar-refractivity contribution in [3.8, 4) is 5.75 Å². The van der Waals surface area contributed by atoms with E-state index in [1.807, 2.05) is 0 Å². The second kappa shape index (κ2) is 17.4. The van der Waals surface area contributed by atoms with Gasteiger partial charge in [-0.1, -0.05) is 12.1 Å². The van der Waals surface area contributed by atoms with Gasteiger partial charge in [-0.3, -0.25) is 33.6 Å². The predicted molar refractivity (Wildman–Crippen MR) is 158 cm³/mol. The number of aliphatic hydroxyl groups excluding tert-OH is 2. The summed E-state index contributed by atoms with van der Waals surface area (Å²) in [5.74, 6) is -7.97. The molecule has 248 valence electrons. The molecule has 6 atom stereocenters. The molecule has 4 amide bonds. The molecule has 0 aliphatic carbocycles. The number of carboxylic acid groups (broad SMARTS) is 1. The van der Waals surface area contributed by atoms with Gasteiger partial charge in [-0.2, -0.15) is 12.6 Å². The minimum atomic E-state index is -1.40. The molecule has 0 bridgehead atoms. The van der Waals surface area contributed by atoms with Crippen LogP contribution in [0, 0.1) is 11.8 Å². The monoisotopic (exact) mass is 654 g/mol. The highest BCUT2D eigenvalue weighted by Gasteiger charge is 2.40. The van der Waals surface area contributed by atoms with Crippen molar-refractivity contribution in [2.75, 3.05) is 26.3 Å². The normalized spacial score (nSPS) is 17.8. The molecule has 45 heavy (non-hydrogen) atoms. The van der Waals surface area contributed by atoms with Gasteiger partial charge in [0.1, 0.15) is 17.8 Å². The standard InChI is InChI=1S/C28H39N5O11S/c29-22(23(45)28(43)44)21(38)10-16(12-34)27(42)33-7-1-2-20(33)26(41)31-11-18(37)9-15(8-14-3-5-17(36)6-4-14)25(40)32-19(13-35)24(30)39/h3-6,15-16,19-20,22-23,34-36,45H,1-2,7-13,29H2,(H2,30,39)(H,31,41)(H,32,40)(H,43,44)/p+1/t15-,16+,19+,20+,22-,23-/m1/s1. The minimum Gasteiger partial charge on any atom is -0.508 e. The Hall–Kier alpha value is -4.06. The highest BCUT2D eigenvalue weighted by Crippen LogP contribution is 2.22. The maximum atomic E-state index is 13.2. The van der Waals surface area contributed by atoms with Crippen molar-refractivity contribution >= 4 is 53.8 Å². The SMILES string of the molecule is NC(=O)[C@H](CO)NC(=O)[C@@H](CC(=O)CNC(=O)[C@@H]1CCCN1C(=O)[C@H](CO)CC(=O)[C@@H]([NH3+])[C@@H](S)C(=O)O)Cc1ccc(O)cc1. The number of aliphatic carboxylic acids is 1. The van der Waals surface area contributed by atoms with Gasteiger partial charge >= 0.3 is 5.97 Å². The van der Waals surface area contributed by atoms with Crippen LogP contribution in [0.25, 0.3) is 0 Å². The highest BCUT2D eigenvalue weighted by molar-refractivity contribution is 7.81. The first-order chi connectivity index (χ1) is 21.2. The number of primary amides is 1. The molecule has 1 aromatic rings. The summed E-state index contributed by atoms with van der Waals surface area (Å²) in [6.45, 7) is -1.84. The highest BCUT2D eigenvalue weighted by atomic mass is 32.1. The summed E-state index contributed by atoms with van der Waals surface area (Å²) >= 11 is 3.84. The van der Waals surface area contributed by atoms with Crippen molar-refractivity contribution in [1.29, 1.82) is 0 Å². The number of aromatic hydroxyl groups is 1. The van der Waals surface area contributed by atoms with Crippen molar-refractivity contribution in [3.05, 3.63) is 29.8 Å². The lowest BCUT2D eigenvalue weighted by Gasteiger charge is -2.27. The summed E-state index contributed by atoms with van der Waals surface area (Å²) in [6, 6.07) is 2.21. The second-order valence-electron chi connectivity index (χ2n) is 10.8. The van der Waals surface area contributed by atoms with Crippen LogP contribution in [-0.2, 0) is 40.0 Å². The minimum absolute atomic E-state index is 0.0139. The van der Waals surface area contributed by atoms with Gasteiger partial charge in [0.15, 0.2) is 22.9 Å². The Kier molecular flexibility index (Phi) is 14.4. The van der Waals surface area contributed by atoms with Gasteiger partial charge in [0.2, 0.25) is 23.6 Å². The Morgan fingerprint density at radius 3 is 2.22 bits per heavy atom. The molecule has 0 unspecified atom stereocenters. The van der Waals surface area contributed by atoms with Crippen LogP contribution < -0.4 is 22.1 Å². The number of thiol groups is 1. The van der Waals surface area contributed by atoms with E-state index in [1.165, 1.54) is 17.0 Å². The molecule has 0 radical (unpaired) electrons. The molecule has 0 aromatic heterocycles. The molecule has 17 heteroatoms. The number of phenolic OH excluding ortho intramolecular Hbond substituents is 1. The maximum absolute atomic E-state index is 13.2. The molecule has 11 N–H and O–H groups in total. The largest absolute Gasteiger partial charge is 0.508 e. The number of rotatable bonds is 18. The molecule has 1 fully saturated rings. The number of carboxylic acids is 1. The molecule has 1 aliphatic heterocycles. The van der Waals surface area contributed by atoms with Gasteiger partial charge in [-0.25, -0.2) is 0 Å². The number of likely N-dealkylation sites (tertiary alicyclic amines) is 1. The van der Waals surface area contributed by atoms with Crippen LogP contribution in [0.3, 0.4) is 0 Å². The number of hydrogen-bond donors (Lipinski definition) is 9. The summed E-state index contributed by atoms with van der Waals surface area (Å²) in [7, 11) is 0. The van der Waals surface area contributed by atoms with E-state index in [9.17, 15) is 48.9 Å². The molecule has 1 heterocycles. The number of nitrogens with one attached hydrogen (secondary N) is 2. The number of carbonyl (C=O) groups is 7. The van der Waals surface area contributed by atoms with E-state index in [-0.39, 0.29) is 31.6 Å². The zero-order valence-electron chi connectivity index (χ0n) is 24.5. The fourth-order valence-corrected chi connectivity index (χ4v) is 5.00. The lowest BCUT2D eigenvalue weighted by Crippen LogP contribution is -2.70. The number of ketones is 2. The summed E-state index contributed by atoms with van der Waals surface area (Å²) in [6.07, 6.45) is -0.186. The van der Waals surface area contributed by atoms with Crippen molar-refractivity contribution in [1.82, 2.24) is 15.5 Å². The lowest BCUT2D eigenvalue weighted by molar-refractivity contribution is -0.400. The van der Waals surface area contributed by atoms with E-state index in [4.69, 9.17) is 10.8 Å². The molecule has 0 spiro atoms. The Morgan fingerprint density at radius 2 is 1.67 bits per heavy atom. The van der Waals surface area contributed by atoms with Crippen LogP contribution in [-0.4, -0.2) is 116 Å². The third-order valence-corrected chi connectivity index (χ3v) is 8.05. The summed E-state index contributed by atoms with van der Waals surface area (Å²) < 4.78 is 0. The van der Waals surface area contributed by atoms with Gasteiger partial charge in [-0.15, -0.1) is 0 Å². The fraction of sp³-hybridized carbons (Fsp3) is 0.536. The maximum Gasteiger partial charge on any atom is 0.323 e. The second-order valence-corrected chi connectivity index (χ2v) is 11.4. The number of aliphatic hydroxyl groups is 2. The average molecular weight is 655 g/mol. The number of nitrogens with two attached hydrogens (primary N) is 1. The number of quaternary nitrogens is 1. The van der Waals surface area contributed by atoms with E-state index in [1.54, 1.807) is 12.1 Å². The zero-order valence-corrected chi connectivity index (χ0v) is 25.4. The lowest BCUT2D eigenvalue weighted by atomic mass is 9.93. The van der Waals surface area contributed by atoms with Crippen LogP contribution in [0.4, 0.5) is 0 Å². The van der Waals surface area contributed by atoms with Crippen molar-refractivity contribution in [2.24, 2.45) is 17.6 Å². The number of benzene rings is 1. The van der Waals surface area contributed by atoms with Crippen LogP contribution in [0.2, 0.25) is 0 Å². The molecular formula is C28H40N5O11S+. The van der Waals surface area contributed by atoms with Crippen molar-refractivity contribution in [3.63, 3.8) is 0 Å². The van der Waals surface area contributed by atoms with E-state index in [2.05, 4.69) is 29.0 Å². The Bertz CT molecular complexity index is 1260. The van der Waals surface area contributed by atoms with Gasteiger partial charge in [0.25, 0.3) is 0 Å². The Morgan fingerprint density at radius 1 is 1.02 bits per heavy atom. The van der Waals surface area contributed by atoms with Crippen LogP contribution in [0.1, 0.15) is 31.2 Å². The smallest absolute Gasteiger partial charge is 0.323 e. The molecule has 1 aliphatic rings. The number of amides is 4. The van der Waals surface area contributed by atoms with E-state index < -0.39 is 103 Å². The predicted octanol–water partition coefficient (Wildman–Crippen LogP) is -3.86. The summed E-state index contributed by atoms with van der Waals surface area (Å²) in [5, 5.41) is 41.1. The van der Waals surface area contributed by atoms with Gasteiger partial charge in [-0.05, 0) is 37.0 Å². The first-order valence-corrected chi connectivity index (χ1v) is 14.7. The van der Waals surface area contributed by atoms with Crippen LogP contribution >= 0.6 is 12.6 Å². The number of phenols is 1. The Balaban J connectivity index is 2.05. The Labute approximate surface area is 263 Å².